The van der Waals surface area contributed by atoms with Crippen molar-refractivity contribution in [3.05, 3.63) is 0 Å². The molecule has 2 saturated heterocycles. The van der Waals surface area contributed by atoms with Crippen LogP contribution in [0.25, 0.3) is 0 Å². The van der Waals surface area contributed by atoms with Gasteiger partial charge in [-0.3, -0.25) is 4.79 Å². The van der Waals surface area contributed by atoms with Gasteiger partial charge in [-0.25, -0.2) is 0 Å². The Morgan fingerprint density at radius 3 is 2.43 bits per heavy atom. The standard InChI is InChI=1S/C10H16O4/c1-13-8(12)9-2-4-10(6-11,5-3-9)14-7-9/h11H,2-7H2,1H3. The monoisotopic (exact) mass is 200 g/mol. The zero-order chi connectivity index (χ0) is 10.2. The molecule has 80 valence electrons. The minimum Gasteiger partial charge on any atom is -0.469 e. The first kappa shape index (κ1) is 9.93. The Morgan fingerprint density at radius 2 is 2.07 bits per heavy atom. The summed E-state index contributed by atoms with van der Waals surface area (Å²) in [6.45, 7) is 0.463. The molecule has 2 aliphatic heterocycles. The van der Waals surface area contributed by atoms with Crippen LogP contribution < -0.4 is 0 Å². The maximum Gasteiger partial charge on any atom is 0.314 e. The zero-order valence-electron chi connectivity index (χ0n) is 8.41. The van der Waals surface area contributed by atoms with Gasteiger partial charge in [-0.1, -0.05) is 0 Å². The molecule has 1 N–H and O–H groups in total. The Bertz CT molecular complexity index is 224. The molecule has 0 unspecified atom stereocenters. The van der Waals surface area contributed by atoms with Crippen molar-refractivity contribution in [2.75, 3.05) is 20.3 Å². The maximum absolute atomic E-state index is 11.6. The summed E-state index contributed by atoms with van der Waals surface area (Å²) in [7, 11) is 1.42. The van der Waals surface area contributed by atoms with Gasteiger partial charge in [0.25, 0.3) is 0 Å². The minimum atomic E-state index is -0.425. The number of carbonyl (C=O) groups excluding carboxylic acids is 1. The summed E-state index contributed by atoms with van der Waals surface area (Å²) in [5, 5.41) is 9.20. The fourth-order valence-electron chi connectivity index (χ4n) is 2.45. The van der Waals surface area contributed by atoms with Gasteiger partial charge in [0.15, 0.2) is 0 Å². The van der Waals surface area contributed by atoms with Crippen LogP contribution in [0.3, 0.4) is 0 Å². The average molecular weight is 200 g/mol. The molecule has 3 rings (SSSR count). The highest BCUT2D eigenvalue weighted by atomic mass is 16.5. The highest BCUT2D eigenvalue weighted by Gasteiger charge is 2.54. The fraction of sp³-hybridized carbons (Fsp3) is 0.900. The number of aliphatic hydroxyl groups is 1. The van der Waals surface area contributed by atoms with Crippen molar-refractivity contribution in [1.29, 1.82) is 0 Å². The number of carbonyl (C=O) groups is 1. The summed E-state index contributed by atoms with van der Waals surface area (Å²) in [6.07, 6.45) is 3.08. The van der Waals surface area contributed by atoms with Crippen molar-refractivity contribution in [3.63, 3.8) is 0 Å². The first-order chi connectivity index (χ1) is 6.66. The van der Waals surface area contributed by atoms with E-state index in [1.54, 1.807) is 0 Å². The summed E-state index contributed by atoms with van der Waals surface area (Å²) in [5.41, 5.74) is -0.790. The Morgan fingerprint density at radius 1 is 1.43 bits per heavy atom. The Kier molecular flexibility index (Phi) is 2.27. The molecule has 0 aromatic heterocycles. The van der Waals surface area contributed by atoms with Crippen LogP contribution in [0.5, 0.6) is 0 Å². The molecule has 0 radical (unpaired) electrons. The van der Waals surface area contributed by atoms with Crippen LogP contribution >= 0.6 is 0 Å². The quantitative estimate of drug-likeness (QED) is 0.659. The van der Waals surface area contributed by atoms with Gasteiger partial charge in [-0.15, -0.1) is 0 Å². The number of hydrogen-bond acceptors (Lipinski definition) is 4. The first-order valence-corrected chi connectivity index (χ1v) is 5.00. The lowest BCUT2D eigenvalue weighted by atomic mass is 9.66. The molecule has 0 atom stereocenters. The van der Waals surface area contributed by atoms with Crippen molar-refractivity contribution < 1.29 is 19.4 Å². The molecule has 2 bridgehead atoms. The van der Waals surface area contributed by atoms with E-state index >= 15 is 0 Å². The molecule has 2 heterocycles. The van der Waals surface area contributed by atoms with Gasteiger partial charge >= 0.3 is 5.97 Å². The van der Waals surface area contributed by atoms with Crippen LogP contribution in [-0.4, -0.2) is 37.0 Å². The predicted molar refractivity (Wildman–Crippen MR) is 48.7 cm³/mol. The van der Waals surface area contributed by atoms with E-state index in [0.29, 0.717) is 6.61 Å². The number of ether oxygens (including phenoxy) is 2. The lowest BCUT2D eigenvalue weighted by molar-refractivity contribution is -0.212. The molecule has 0 aromatic carbocycles. The van der Waals surface area contributed by atoms with Gasteiger partial charge < -0.3 is 14.6 Å². The number of rotatable bonds is 2. The molecule has 0 aromatic rings. The molecule has 4 nitrogen and oxygen atoms in total. The van der Waals surface area contributed by atoms with Crippen LogP contribution in [0.15, 0.2) is 0 Å². The van der Waals surface area contributed by atoms with Gasteiger partial charge in [0.1, 0.15) is 0 Å². The van der Waals surface area contributed by atoms with Crippen molar-refractivity contribution in [3.8, 4) is 0 Å². The minimum absolute atomic E-state index is 0.0598. The average Bonchev–Trinajstić information content (AvgIpc) is 2.30. The number of esters is 1. The van der Waals surface area contributed by atoms with Gasteiger partial charge in [-0.05, 0) is 25.7 Å². The fourth-order valence-corrected chi connectivity index (χ4v) is 2.45. The van der Waals surface area contributed by atoms with Crippen molar-refractivity contribution in [1.82, 2.24) is 0 Å². The van der Waals surface area contributed by atoms with Crippen LogP contribution in [0.4, 0.5) is 0 Å². The molecule has 3 fully saturated rings. The Balaban J connectivity index is 2.12. The van der Waals surface area contributed by atoms with Gasteiger partial charge in [0, 0.05) is 0 Å². The van der Waals surface area contributed by atoms with Crippen LogP contribution in [-0.2, 0) is 14.3 Å². The SMILES string of the molecule is COC(=O)C12CCC(CO)(CC1)OC2. The zero-order valence-corrected chi connectivity index (χ0v) is 8.41. The number of aliphatic hydroxyl groups excluding tert-OH is 1. The third kappa shape index (κ3) is 1.25. The maximum atomic E-state index is 11.6. The van der Waals surface area contributed by atoms with Crippen molar-refractivity contribution in [2.45, 2.75) is 31.3 Å². The topological polar surface area (TPSA) is 55.8 Å². The first-order valence-electron chi connectivity index (χ1n) is 5.00. The van der Waals surface area contributed by atoms with Crippen molar-refractivity contribution in [2.24, 2.45) is 5.41 Å². The highest BCUT2D eigenvalue weighted by Crippen LogP contribution is 2.49. The number of fused-ring (bicyclic) bond motifs is 3. The lowest BCUT2D eigenvalue weighted by Crippen LogP contribution is -2.56. The van der Waals surface area contributed by atoms with E-state index in [2.05, 4.69) is 0 Å². The second-order valence-corrected chi connectivity index (χ2v) is 4.40. The third-order valence-electron chi connectivity index (χ3n) is 3.68. The summed E-state index contributed by atoms with van der Waals surface area (Å²) in [6, 6.07) is 0. The molecular formula is C10H16O4. The molecule has 0 amide bonds. The van der Waals surface area contributed by atoms with Gasteiger partial charge in [0.05, 0.1) is 31.3 Å². The Hall–Kier alpha value is -0.610. The summed E-state index contributed by atoms with van der Waals surface area (Å²) < 4.78 is 10.4. The largest absolute Gasteiger partial charge is 0.469 e. The summed E-state index contributed by atoms with van der Waals surface area (Å²) in [4.78, 5) is 11.6. The van der Waals surface area contributed by atoms with Gasteiger partial charge in [0.2, 0.25) is 0 Å². The number of hydrogen-bond donors (Lipinski definition) is 1. The molecule has 4 heteroatoms. The lowest BCUT2D eigenvalue weighted by Gasteiger charge is -2.50. The van der Waals surface area contributed by atoms with Crippen LogP contribution in [0, 0.1) is 5.41 Å². The second-order valence-electron chi connectivity index (χ2n) is 4.40. The van der Waals surface area contributed by atoms with Crippen LogP contribution in [0.1, 0.15) is 25.7 Å². The molecule has 1 saturated carbocycles. The molecule has 1 aliphatic carbocycles. The summed E-state index contributed by atoms with van der Waals surface area (Å²) in [5.74, 6) is -0.163. The Labute approximate surface area is 83.2 Å². The summed E-state index contributed by atoms with van der Waals surface area (Å²) >= 11 is 0. The normalized spacial score (nSPS) is 41.0. The van der Waals surface area contributed by atoms with E-state index in [9.17, 15) is 9.90 Å². The van der Waals surface area contributed by atoms with E-state index in [1.165, 1.54) is 7.11 Å². The second kappa shape index (κ2) is 3.21. The van der Waals surface area contributed by atoms with E-state index in [4.69, 9.17) is 9.47 Å². The van der Waals surface area contributed by atoms with Gasteiger partial charge in [-0.2, -0.15) is 0 Å². The van der Waals surface area contributed by atoms with E-state index in [0.717, 1.165) is 25.7 Å². The number of methoxy groups -OCH3 is 1. The highest BCUT2D eigenvalue weighted by molar-refractivity contribution is 5.77. The molecular weight excluding hydrogens is 184 g/mol. The molecule has 0 spiro atoms. The molecule has 3 aliphatic rings. The van der Waals surface area contributed by atoms with E-state index < -0.39 is 5.41 Å². The van der Waals surface area contributed by atoms with E-state index in [1.807, 2.05) is 0 Å². The van der Waals surface area contributed by atoms with Crippen LogP contribution in [0.2, 0.25) is 0 Å². The predicted octanol–water partition coefficient (Wildman–Crippen LogP) is 0.481. The van der Waals surface area contributed by atoms with Crippen molar-refractivity contribution >= 4 is 5.97 Å². The smallest absolute Gasteiger partial charge is 0.314 e. The third-order valence-corrected chi connectivity index (χ3v) is 3.68. The van der Waals surface area contributed by atoms with E-state index in [-0.39, 0.29) is 18.2 Å². The molecule has 14 heavy (non-hydrogen) atoms.